The second kappa shape index (κ2) is 7.06. The zero-order valence-electron chi connectivity index (χ0n) is 11.4. The summed E-state index contributed by atoms with van der Waals surface area (Å²) in [7, 11) is 0. The molecule has 2 heterocycles. The average molecular weight is 335 g/mol. The van der Waals surface area contributed by atoms with Crippen molar-refractivity contribution in [3.63, 3.8) is 0 Å². The van der Waals surface area contributed by atoms with E-state index < -0.39 is 5.82 Å². The third-order valence-corrected chi connectivity index (χ3v) is 3.37. The molecular formula is C13H17Cl2FN4O. The molecule has 1 atom stereocenters. The largest absolute Gasteiger partial charge is 0.344 e. The Labute approximate surface area is 134 Å². The van der Waals surface area contributed by atoms with Crippen LogP contribution in [0.2, 0.25) is 0 Å². The lowest BCUT2D eigenvalue weighted by Gasteiger charge is -2.32. The Morgan fingerprint density at radius 3 is 2.90 bits per heavy atom. The molecule has 2 N–H and O–H groups in total. The van der Waals surface area contributed by atoms with Crippen LogP contribution in [0.3, 0.4) is 0 Å². The Morgan fingerprint density at radius 1 is 1.43 bits per heavy atom. The number of carbonyl (C=O) groups is 1. The maximum absolute atomic E-state index is 13.5. The number of nitrogens with zero attached hydrogens (tertiary/aromatic N) is 2. The number of benzene rings is 1. The van der Waals surface area contributed by atoms with Crippen LogP contribution in [0, 0.1) is 5.82 Å². The Morgan fingerprint density at radius 2 is 2.19 bits per heavy atom. The van der Waals surface area contributed by atoms with Gasteiger partial charge in [0, 0.05) is 25.7 Å². The standard InChI is InChI=1S/C13H15FN4O.2ClH/c1-8-6-18(3-2-15-8)13(19)10-4-9(14)5-11-12(10)17-7-16-11;;/h4-5,7-8,15H,2-3,6H2,1H3,(H,16,17);2*1H. The highest BCUT2D eigenvalue weighted by molar-refractivity contribution is 6.04. The number of H-pyrrole nitrogens is 1. The van der Waals surface area contributed by atoms with Gasteiger partial charge in [-0.25, -0.2) is 9.37 Å². The summed E-state index contributed by atoms with van der Waals surface area (Å²) in [5.74, 6) is -0.590. The lowest BCUT2D eigenvalue weighted by molar-refractivity contribution is 0.0710. The van der Waals surface area contributed by atoms with Gasteiger partial charge in [-0.05, 0) is 19.1 Å². The molecule has 1 aromatic heterocycles. The molecule has 1 aliphatic rings. The monoisotopic (exact) mass is 334 g/mol. The fraction of sp³-hybridized carbons (Fsp3) is 0.385. The van der Waals surface area contributed by atoms with E-state index in [4.69, 9.17) is 0 Å². The van der Waals surface area contributed by atoms with Gasteiger partial charge in [0.25, 0.3) is 5.91 Å². The number of fused-ring (bicyclic) bond motifs is 1. The van der Waals surface area contributed by atoms with Crippen LogP contribution < -0.4 is 5.32 Å². The topological polar surface area (TPSA) is 61.0 Å². The maximum Gasteiger partial charge on any atom is 0.256 e. The minimum atomic E-state index is -0.428. The second-order valence-electron chi connectivity index (χ2n) is 4.86. The summed E-state index contributed by atoms with van der Waals surface area (Å²) in [4.78, 5) is 21.2. The van der Waals surface area contributed by atoms with Crippen molar-refractivity contribution in [3.05, 3.63) is 29.8 Å². The molecule has 3 rings (SSSR count). The van der Waals surface area contributed by atoms with E-state index in [2.05, 4.69) is 15.3 Å². The van der Waals surface area contributed by atoms with E-state index in [9.17, 15) is 9.18 Å². The number of nitrogens with one attached hydrogen (secondary N) is 2. The molecule has 5 nitrogen and oxygen atoms in total. The molecule has 0 saturated carbocycles. The first-order valence-electron chi connectivity index (χ1n) is 6.30. The molecular weight excluding hydrogens is 318 g/mol. The minimum Gasteiger partial charge on any atom is -0.344 e. The van der Waals surface area contributed by atoms with Gasteiger partial charge < -0.3 is 15.2 Å². The van der Waals surface area contributed by atoms with Crippen LogP contribution >= 0.6 is 24.8 Å². The molecule has 0 spiro atoms. The van der Waals surface area contributed by atoms with Crippen molar-refractivity contribution >= 4 is 41.8 Å². The van der Waals surface area contributed by atoms with Gasteiger partial charge in [-0.3, -0.25) is 4.79 Å². The number of hydrogen-bond acceptors (Lipinski definition) is 3. The molecule has 0 aliphatic carbocycles. The molecule has 2 aromatic rings. The quantitative estimate of drug-likeness (QED) is 0.838. The van der Waals surface area contributed by atoms with E-state index in [1.165, 1.54) is 18.5 Å². The number of rotatable bonds is 1. The number of imidazole rings is 1. The smallest absolute Gasteiger partial charge is 0.256 e. The zero-order valence-corrected chi connectivity index (χ0v) is 13.1. The lowest BCUT2D eigenvalue weighted by atomic mass is 10.1. The SMILES string of the molecule is CC1CN(C(=O)c2cc(F)cc3[nH]cnc23)CCN1.Cl.Cl. The van der Waals surface area contributed by atoms with E-state index >= 15 is 0 Å². The van der Waals surface area contributed by atoms with Crippen LogP contribution in [0.1, 0.15) is 17.3 Å². The third kappa shape index (κ3) is 3.45. The Balaban J connectivity index is 0.00000110. The highest BCUT2D eigenvalue weighted by atomic mass is 35.5. The fourth-order valence-electron chi connectivity index (χ4n) is 2.46. The molecule has 0 radical (unpaired) electrons. The van der Waals surface area contributed by atoms with E-state index in [0.717, 1.165) is 6.54 Å². The fourth-order valence-corrected chi connectivity index (χ4v) is 2.46. The van der Waals surface area contributed by atoms with Crippen LogP contribution in [-0.4, -0.2) is 46.5 Å². The first-order chi connectivity index (χ1) is 9.15. The number of piperazine rings is 1. The second-order valence-corrected chi connectivity index (χ2v) is 4.86. The van der Waals surface area contributed by atoms with Gasteiger partial charge in [0.1, 0.15) is 11.3 Å². The van der Waals surface area contributed by atoms with Crippen LogP contribution in [0.15, 0.2) is 18.5 Å². The molecule has 21 heavy (non-hydrogen) atoms. The Kier molecular flexibility index (Phi) is 5.95. The highest BCUT2D eigenvalue weighted by Crippen LogP contribution is 2.19. The number of amides is 1. The first-order valence-corrected chi connectivity index (χ1v) is 6.30. The lowest BCUT2D eigenvalue weighted by Crippen LogP contribution is -2.51. The van der Waals surface area contributed by atoms with Crippen molar-refractivity contribution in [2.24, 2.45) is 0 Å². The molecule has 1 aliphatic heterocycles. The minimum absolute atomic E-state index is 0. The van der Waals surface area contributed by atoms with E-state index in [-0.39, 0.29) is 36.8 Å². The molecule has 116 valence electrons. The van der Waals surface area contributed by atoms with E-state index in [1.54, 1.807) is 4.90 Å². The number of hydrogen-bond donors (Lipinski definition) is 2. The number of aromatic nitrogens is 2. The van der Waals surface area contributed by atoms with Gasteiger partial charge in [-0.1, -0.05) is 0 Å². The van der Waals surface area contributed by atoms with Gasteiger partial charge in [0.15, 0.2) is 0 Å². The average Bonchev–Trinajstić information content (AvgIpc) is 2.85. The summed E-state index contributed by atoms with van der Waals surface area (Å²) in [6.07, 6.45) is 1.47. The van der Waals surface area contributed by atoms with Crippen molar-refractivity contribution < 1.29 is 9.18 Å². The number of halogens is 3. The van der Waals surface area contributed by atoms with Gasteiger partial charge in [-0.15, -0.1) is 24.8 Å². The first kappa shape index (κ1) is 17.7. The molecule has 8 heteroatoms. The highest BCUT2D eigenvalue weighted by Gasteiger charge is 2.24. The van der Waals surface area contributed by atoms with E-state index in [1.807, 2.05) is 6.92 Å². The van der Waals surface area contributed by atoms with Gasteiger partial charge in [0.2, 0.25) is 0 Å². The van der Waals surface area contributed by atoms with Gasteiger partial charge >= 0.3 is 0 Å². The van der Waals surface area contributed by atoms with Crippen molar-refractivity contribution in [1.82, 2.24) is 20.2 Å². The summed E-state index contributed by atoms with van der Waals surface area (Å²) < 4.78 is 13.5. The Bertz CT molecular complexity index is 634. The summed E-state index contributed by atoms with van der Waals surface area (Å²) in [6, 6.07) is 2.86. The molecule has 1 saturated heterocycles. The Hall–Kier alpha value is -1.37. The molecule has 0 bridgehead atoms. The number of carbonyl (C=O) groups excluding carboxylic acids is 1. The van der Waals surface area contributed by atoms with Gasteiger partial charge in [0.05, 0.1) is 17.4 Å². The van der Waals surface area contributed by atoms with Crippen LogP contribution in [0.25, 0.3) is 11.0 Å². The van der Waals surface area contributed by atoms with Crippen molar-refractivity contribution in [2.75, 3.05) is 19.6 Å². The maximum atomic E-state index is 13.5. The van der Waals surface area contributed by atoms with Gasteiger partial charge in [-0.2, -0.15) is 0 Å². The van der Waals surface area contributed by atoms with Crippen molar-refractivity contribution in [2.45, 2.75) is 13.0 Å². The zero-order chi connectivity index (χ0) is 13.4. The van der Waals surface area contributed by atoms with Crippen molar-refractivity contribution in [3.8, 4) is 0 Å². The predicted molar refractivity (Wildman–Crippen MR) is 83.9 cm³/mol. The van der Waals surface area contributed by atoms with Crippen molar-refractivity contribution in [1.29, 1.82) is 0 Å². The molecule has 1 fully saturated rings. The molecule has 1 unspecified atom stereocenters. The summed E-state index contributed by atoms with van der Waals surface area (Å²) >= 11 is 0. The molecule has 1 aromatic carbocycles. The third-order valence-electron chi connectivity index (χ3n) is 3.37. The van der Waals surface area contributed by atoms with Crippen LogP contribution in [0.5, 0.6) is 0 Å². The predicted octanol–water partition coefficient (Wildman–Crippen LogP) is 1.98. The van der Waals surface area contributed by atoms with Crippen LogP contribution in [-0.2, 0) is 0 Å². The summed E-state index contributed by atoms with van der Waals surface area (Å²) in [6.45, 7) is 4.04. The van der Waals surface area contributed by atoms with Crippen LogP contribution in [0.4, 0.5) is 4.39 Å². The normalized spacial score (nSPS) is 18.0. The molecule has 1 amide bonds. The number of aromatic amines is 1. The van der Waals surface area contributed by atoms with E-state index in [0.29, 0.717) is 29.7 Å². The summed E-state index contributed by atoms with van der Waals surface area (Å²) in [5.41, 5.74) is 1.40. The summed E-state index contributed by atoms with van der Waals surface area (Å²) in [5, 5.41) is 3.27.